The van der Waals surface area contributed by atoms with Gasteiger partial charge in [0.05, 0.1) is 0 Å². The Morgan fingerprint density at radius 3 is 2.14 bits per heavy atom. The largest absolute Gasteiger partial charge is 0.479 e. The van der Waals surface area contributed by atoms with Gasteiger partial charge in [0.1, 0.15) is 6.10 Å². The molecule has 0 spiro atoms. The molecule has 0 heterocycles. The molecule has 1 rings (SSSR count). The summed E-state index contributed by atoms with van der Waals surface area (Å²) in [5.74, 6) is -1.46. The van der Waals surface area contributed by atoms with E-state index in [0.29, 0.717) is 11.3 Å². The number of rotatable bonds is 3. The number of hydrogen-bond acceptors (Lipinski definition) is 4. The minimum atomic E-state index is -1.82. The zero-order valence-corrected chi connectivity index (χ0v) is 7.29. The summed E-state index contributed by atoms with van der Waals surface area (Å²) in [6, 6.07) is 5.97. The number of aliphatic hydroxyl groups is 2. The monoisotopic (exact) mass is 197 g/mol. The van der Waals surface area contributed by atoms with Crippen molar-refractivity contribution in [2.24, 2.45) is 0 Å². The van der Waals surface area contributed by atoms with Crippen molar-refractivity contribution in [2.45, 2.75) is 12.2 Å². The third-order valence-electron chi connectivity index (χ3n) is 1.83. The van der Waals surface area contributed by atoms with Crippen molar-refractivity contribution in [3.05, 3.63) is 29.8 Å². The minimum absolute atomic E-state index is 0.314. The number of aliphatic hydroxyl groups excluding tert-OH is 2. The summed E-state index contributed by atoms with van der Waals surface area (Å²) in [7, 11) is 0. The summed E-state index contributed by atoms with van der Waals surface area (Å²) in [4.78, 5) is 10.3. The molecule has 0 radical (unpaired) electrons. The smallest absolute Gasteiger partial charge is 0.335 e. The van der Waals surface area contributed by atoms with Crippen LogP contribution in [0.5, 0.6) is 0 Å². The lowest BCUT2D eigenvalue weighted by molar-refractivity contribution is -0.153. The summed E-state index contributed by atoms with van der Waals surface area (Å²) in [5.41, 5.74) is 6.22. The SMILES string of the molecule is Nc1ccc(C(O)C(O)C(=O)O)cc1. The molecule has 5 N–H and O–H groups in total. The first-order valence-electron chi connectivity index (χ1n) is 3.96. The number of benzene rings is 1. The van der Waals surface area contributed by atoms with Crippen LogP contribution in [-0.2, 0) is 4.79 Å². The van der Waals surface area contributed by atoms with Gasteiger partial charge in [0.15, 0.2) is 6.10 Å². The van der Waals surface area contributed by atoms with E-state index in [4.69, 9.17) is 15.9 Å². The van der Waals surface area contributed by atoms with Crippen LogP contribution in [0.15, 0.2) is 24.3 Å². The number of hydrogen-bond donors (Lipinski definition) is 4. The number of nitrogen functional groups attached to an aromatic ring is 1. The Morgan fingerprint density at radius 1 is 1.21 bits per heavy atom. The molecule has 0 fully saturated rings. The van der Waals surface area contributed by atoms with Gasteiger partial charge in [0, 0.05) is 5.69 Å². The van der Waals surface area contributed by atoms with Crippen molar-refractivity contribution < 1.29 is 20.1 Å². The van der Waals surface area contributed by atoms with Crippen molar-refractivity contribution in [1.82, 2.24) is 0 Å². The Labute approximate surface area is 80.4 Å². The fourth-order valence-electron chi connectivity index (χ4n) is 1.01. The highest BCUT2D eigenvalue weighted by atomic mass is 16.4. The van der Waals surface area contributed by atoms with Crippen molar-refractivity contribution in [3.8, 4) is 0 Å². The van der Waals surface area contributed by atoms with Gasteiger partial charge in [0.25, 0.3) is 0 Å². The molecular formula is C9H11NO4. The van der Waals surface area contributed by atoms with Crippen LogP contribution in [-0.4, -0.2) is 27.4 Å². The van der Waals surface area contributed by atoms with Crippen molar-refractivity contribution in [2.75, 3.05) is 5.73 Å². The first kappa shape index (κ1) is 10.5. The maximum atomic E-state index is 10.3. The van der Waals surface area contributed by atoms with E-state index in [1.165, 1.54) is 24.3 Å². The predicted molar refractivity (Wildman–Crippen MR) is 49.5 cm³/mol. The van der Waals surface area contributed by atoms with Crippen LogP contribution in [0, 0.1) is 0 Å². The Balaban J connectivity index is 2.84. The number of anilines is 1. The van der Waals surface area contributed by atoms with Gasteiger partial charge in [-0.15, -0.1) is 0 Å². The number of aliphatic carboxylic acids is 1. The Kier molecular flexibility index (Phi) is 3.06. The molecule has 5 heteroatoms. The quantitative estimate of drug-likeness (QED) is 0.500. The van der Waals surface area contributed by atoms with E-state index >= 15 is 0 Å². The number of nitrogens with two attached hydrogens (primary N) is 1. The third kappa shape index (κ3) is 2.21. The lowest BCUT2D eigenvalue weighted by atomic mass is 10.0. The van der Waals surface area contributed by atoms with Gasteiger partial charge in [-0.3, -0.25) is 0 Å². The van der Waals surface area contributed by atoms with Gasteiger partial charge in [-0.25, -0.2) is 4.79 Å². The van der Waals surface area contributed by atoms with E-state index < -0.39 is 18.2 Å². The maximum Gasteiger partial charge on any atom is 0.335 e. The second-order valence-corrected chi connectivity index (χ2v) is 2.89. The summed E-state index contributed by atoms with van der Waals surface area (Å²) < 4.78 is 0. The summed E-state index contributed by atoms with van der Waals surface area (Å²) in [6.07, 6.45) is -3.26. The number of carboxylic acids is 1. The van der Waals surface area contributed by atoms with Crippen LogP contribution in [0.25, 0.3) is 0 Å². The molecule has 0 bridgehead atoms. The minimum Gasteiger partial charge on any atom is -0.479 e. The van der Waals surface area contributed by atoms with E-state index in [9.17, 15) is 9.90 Å². The highest BCUT2D eigenvalue weighted by Gasteiger charge is 2.24. The zero-order chi connectivity index (χ0) is 10.7. The van der Waals surface area contributed by atoms with Gasteiger partial charge in [-0.05, 0) is 17.7 Å². The Morgan fingerprint density at radius 2 is 1.71 bits per heavy atom. The van der Waals surface area contributed by atoms with Crippen molar-refractivity contribution >= 4 is 11.7 Å². The Hall–Kier alpha value is -1.59. The summed E-state index contributed by atoms with van der Waals surface area (Å²) >= 11 is 0. The highest BCUT2D eigenvalue weighted by molar-refractivity contribution is 5.73. The molecule has 0 saturated heterocycles. The molecule has 0 aliphatic heterocycles. The fraction of sp³-hybridized carbons (Fsp3) is 0.222. The van der Waals surface area contributed by atoms with E-state index in [1.807, 2.05) is 0 Å². The van der Waals surface area contributed by atoms with Crippen LogP contribution < -0.4 is 5.73 Å². The second-order valence-electron chi connectivity index (χ2n) is 2.89. The molecule has 5 nitrogen and oxygen atoms in total. The zero-order valence-electron chi connectivity index (χ0n) is 7.29. The summed E-state index contributed by atoms with van der Waals surface area (Å²) in [6.45, 7) is 0. The first-order chi connectivity index (χ1) is 6.52. The van der Waals surface area contributed by atoms with Gasteiger partial charge >= 0.3 is 5.97 Å². The van der Waals surface area contributed by atoms with Crippen LogP contribution >= 0.6 is 0 Å². The molecule has 76 valence electrons. The van der Waals surface area contributed by atoms with Gasteiger partial charge in [0.2, 0.25) is 0 Å². The molecule has 1 aromatic carbocycles. The average molecular weight is 197 g/mol. The predicted octanol–water partition coefficient (Wildman–Crippen LogP) is -0.252. The summed E-state index contributed by atoms with van der Waals surface area (Å²) in [5, 5.41) is 26.8. The average Bonchev–Trinajstić information content (AvgIpc) is 2.16. The molecule has 0 aromatic heterocycles. The molecule has 1 aromatic rings. The van der Waals surface area contributed by atoms with E-state index in [0.717, 1.165) is 0 Å². The molecule has 2 unspecified atom stereocenters. The topological polar surface area (TPSA) is 104 Å². The van der Waals surface area contributed by atoms with Crippen molar-refractivity contribution in [1.29, 1.82) is 0 Å². The van der Waals surface area contributed by atoms with Gasteiger partial charge in [-0.2, -0.15) is 0 Å². The molecule has 0 saturated carbocycles. The lowest BCUT2D eigenvalue weighted by Gasteiger charge is -2.14. The van der Waals surface area contributed by atoms with Crippen LogP contribution in [0.4, 0.5) is 5.69 Å². The van der Waals surface area contributed by atoms with E-state index in [2.05, 4.69) is 0 Å². The molecule has 0 aliphatic rings. The van der Waals surface area contributed by atoms with Crippen LogP contribution in [0.2, 0.25) is 0 Å². The van der Waals surface area contributed by atoms with Gasteiger partial charge < -0.3 is 21.1 Å². The standard InChI is InChI=1S/C9H11NO4/c10-6-3-1-5(2-4-6)7(11)8(12)9(13)14/h1-4,7-8,11-12H,10H2,(H,13,14). The maximum absolute atomic E-state index is 10.3. The lowest BCUT2D eigenvalue weighted by Crippen LogP contribution is -2.27. The van der Waals surface area contributed by atoms with Crippen LogP contribution in [0.3, 0.4) is 0 Å². The number of carbonyl (C=O) groups is 1. The van der Waals surface area contributed by atoms with E-state index in [-0.39, 0.29) is 0 Å². The molecule has 0 amide bonds. The number of carboxylic acid groups (broad SMARTS) is 1. The molecule has 14 heavy (non-hydrogen) atoms. The third-order valence-corrected chi connectivity index (χ3v) is 1.83. The molecule has 2 atom stereocenters. The Bertz CT molecular complexity index is 322. The fourth-order valence-corrected chi connectivity index (χ4v) is 1.01. The molecule has 0 aliphatic carbocycles. The normalized spacial score (nSPS) is 14.7. The van der Waals surface area contributed by atoms with Crippen LogP contribution in [0.1, 0.15) is 11.7 Å². The van der Waals surface area contributed by atoms with Gasteiger partial charge in [-0.1, -0.05) is 12.1 Å². The second kappa shape index (κ2) is 4.08. The van der Waals surface area contributed by atoms with E-state index in [1.54, 1.807) is 0 Å². The first-order valence-corrected chi connectivity index (χ1v) is 3.96. The molecular weight excluding hydrogens is 186 g/mol. The van der Waals surface area contributed by atoms with Crippen molar-refractivity contribution in [3.63, 3.8) is 0 Å². The highest BCUT2D eigenvalue weighted by Crippen LogP contribution is 2.18.